The largest absolute Gasteiger partial charge is 0.456 e. The van der Waals surface area contributed by atoms with Crippen molar-refractivity contribution in [1.82, 2.24) is 4.90 Å². The van der Waals surface area contributed by atoms with Crippen LogP contribution in [-0.2, 0) is 20.9 Å². The van der Waals surface area contributed by atoms with E-state index in [1.165, 1.54) is 52.7 Å². The zero-order valence-corrected chi connectivity index (χ0v) is 17.2. The molecule has 1 aromatic carbocycles. The zero-order chi connectivity index (χ0) is 20.6. The molecule has 1 aromatic rings. The van der Waals surface area contributed by atoms with Crippen LogP contribution in [-0.4, -0.2) is 43.5 Å². The molecule has 2 heterocycles. The Bertz CT molecular complexity index is 847. The van der Waals surface area contributed by atoms with E-state index in [0.717, 1.165) is 5.75 Å². The average Bonchev–Trinajstić information content (AvgIpc) is 2.93. The van der Waals surface area contributed by atoms with Gasteiger partial charge in [0.2, 0.25) is 5.91 Å². The Morgan fingerprint density at radius 1 is 1.39 bits per heavy atom. The van der Waals surface area contributed by atoms with Gasteiger partial charge in [0, 0.05) is 12.1 Å². The number of rotatable bonds is 7. The molecule has 2 aliphatic rings. The van der Waals surface area contributed by atoms with Gasteiger partial charge in [0.1, 0.15) is 12.0 Å². The summed E-state index contributed by atoms with van der Waals surface area (Å²) in [6.45, 7) is 5.07. The number of hydrogen-bond donors (Lipinski definition) is 1. The molecule has 1 fully saturated rings. The van der Waals surface area contributed by atoms with Gasteiger partial charge >= 0.3 is 5.97 Å². The second-order valence-electron chi connectivity index (χ2n) is 6.92. The number of carbonyl (C=O) groups is 2. The molecule has 1 saturated heterocycles. The molecule has 3 rings (SSSR count). The van der Waals surface area contributed by atoms with Crippen LogP contribution in [0.25, 0.3) is 0 Å². The summed E-state index contributed by atoms with van der Waals surface area (Å²) in [5.74, 6) is -0.764. The molecule has 8 nitrogen and oxygen atoms in total. The third-order valence-electron chi connectivity index (χ3n) is 4.45. The van der Waals surface area contributed by atoms with Gasteiger partial charge in [-0.1, -0.05) is 18.7 Å². The first kappa shape index (κ1) is 20.7. The molecule has 28 heavy (non-hydrogen) atoms. The van der Waals surface area contributed by atoms with Crippen molar-refractivity contribution in [2.75, 3.05) is 5.75 Å². The third kappa shape index (κ3) is 3.76. The normalized spacial score (nSPS) is 21.4. The minimum absolute atomic E-state index is 0.0433. The smallest absolute Gasteiger partial charge is 0.357 e. The number of hydrogen-bond acceptors (Lipinski definition) is 8. The summed E-state index contributed by atoms with van der Waals surface area (Å²) >= 11 is 2.85. The van der Waals surface area contributed by atoms with Crippen molar-refractivity contribution >= 4 is 41.1 Å². The number of fused-ring (bicyclic) bond motifs is 1. The molecule has 150 valence electrons. The highest BCUT2D eigenvalue weighted by Crippen LogP contribution is 2.55. The molecule has 2 atom stereocenters. The first-order valence-corrected chi connectivity index (χ1v) is 10.5. The number of ether oxygens (including phenoxy) is 1. The minimum Gasteiger partial charge on any atom is -0.456 e. The van der Waals surface area contributed by atoms with Gasteiger partial charge in [0.25, 0.3) is 5.69 Å². The first-order valence-electron chi connectivity index (χ1n) is 8.64. The zero-order valence-electron chi connectivity index (χ0n) is 15.6. The molecule has 1 amide bonds. The summed E-state index contributed by atoms with van der Waals surface area (Å²) in [4.78, 5) is 36.9. The van der Waals surface area contributed by atoms with E-state index in [4.69, 9.17) is 4.74 Å². The van der Waals surface area contributed by atoms with Crippen LogP contribution >= 0.6 is 23.5 Å². The minimum atomic E-state index is -1.18. The van der Waals surface area contributed by atoms with Crippen LogP contribution in [0, 0.1) is 16.0 Å². The predicted molar refractivity (Wildman–Crippen MR) is 106 cm³/mol. The van der Waals surface area contributed by atoms with E-state index in [1.807, 2.05) is 6.92 Å². The van der Waals surface area contributed by atoms with Gasteiger partial charge in [0.05, 0.1) is 20.7 Å². The lowest BCUT2D eigenvalue weighted by molar-refractivity contribution is -0.384. The lowest BCUT2D eigenvalue weighted by Gasteiger charge is -2.47. The Balaban J connectivity index is 1.73. The molecule has 0 spiro atoms. The van der Waals surface area contributed by atoms with Crippen molar-refractivity contribution < 1.29 is 24.4 Å². The highest BCUT2D eigenvalue weighted by atomic mass is 32.2. The Morgan fingerprint density at radius 3 is 2.57 bits per heavy atom. The molecule has 0 aliphatic carbocycles. The predicted octanol–water partition coefficient (Wildman–Crippen LogP) is 2.86. The number of esters is 1. The fraction of sp³-hybridized carbons (Fsp3) is 0.444. The average molecular weight is 425 g/mol. The molecule has 2 unspecified atom stereocenters. The number of nitro benzene ring substituents is 1. The number of nitrogens with zero attached hydrogens (tertiary/aromatic N) is 2. The van der Waals surface area contributed by atoms with Gasteiger partial charge in [-0.3, -0.25) is 19.8 Å². The fourth-order valence-corrected chi connectivity index (χ4v) is 6.00. The topological polar surface area (TPSA) is 110 Å². The van der Waals surface area contributed by atoms with Crippen molar-refractivity contribution in [3.05, 3.63) is 49.9 Å². The lowest BCUT2D eigenvalue weighted by Crippen LogP contribution is -2.64. The highest BCUT2D eigenvalue weighted by molar-refractivity contribution is 8.22. The number of benzene rings is 1. The van der Waals surface area contributed by atoms with Crippen molar-refractivity contribution in [2.45, 2.75) is 38.4 Å². The van der Waals surface area contributed by atoms with E-state index in [1.54, 1.807) is 13.8 Å². The van der Waals surface area contributed by atoms with E-state index >= 15 is 0 Å². The first-order chi connectivity index (χ1) is 13.1. The SMILES string of the molecule is CCSC1=C(C(=O)OCc2ccc([N+](=O)[O-])cc2)N2C(=O)C(C(C)(C)O)C2S1. The molecule has 0 saturated carbocycles. The van der Waals surface area contributed by atoms with Crippen LogP contribution in [0.3, 0.4) is 0 Å². The third-order valence-corrected chi connectivity index (χ3v) is 6.97. The summed E-state index contributed by atoms with van der Waals surface area (Å²) in [7, 11) is 0. The number of amides is 1. The molecule has 0 aromatic heterocycles. The summed E-state index contributed by atoms with van der Waals surface area (Å²) in [6, 6.07) is 5.73. The van der Waals surface area contributed by atoms with Gasteiger partial charge in [0.15, 0.2) is 5.70 Å². The summed E-state index contributed by atoms with van der Waals surface area (Å²) in [6.07, 6.45) is 0. The molecular formula is C18H20N2O6S2. The quantitative estimate of drug-likeness (QED) is 0.308. The van der Waals surface area contributed by atoms with Crippen molar-refractivity contribution in [1.29, 1.82) is 0 Å². The monoisotopic (exact) mass is 424 g/mol. The van der Waals surface area contributed by atoms with Crippen molar-refractivity contribution in [3.8, 4) is 0 Å². The van der Waals surface area contributed by atoms with E-state index in [2.05, 4.69) is 0 Å². The number of nitro groups is 1. The Morgan fingerprint density at radius 2 is 2.04 bits per heavy atom. The van der Waals surface area contributed by atoms with E-state index in [-0.39, 0.29) is 29.3 Å². The van der Waals surface area contributed by atoms with Crippen LogP contribution in [0.15, 0.2) is 34.2 Å². The molecule has 1 N–H and O–H groups in total. The molecule has 0 radical (unpaired) electrons. The van der Waals surface area contributed by atoms with Gasteiger partial charge in [-0.05, 0) is 37.3 Å². The van der Waals surface area contributed by atoms with Crippen LogP contribution in [0.2, 0.25) is 0 Å². The summed E-state index contributed by atoms with van der Waals surface area (Å²) < 4.78 is 6.07. The standard InChI is InChI=1S/C18H20N2O6S2/c1-4-27-17-13(19-14(21)12(15(19)28-17)18(2,3)23)16(22)26-9-10-5-7-11(8-6-10)20(24)25/h5-8,12,15,23H,4,9H2,1-3H3. The van der Waals surface area contributed by atoms with Gasteiger partial charge in [-0.25, -0.2) is 4.79 Å². The Hall–Kier alpha value is -2.04. The number of aliphatic hydroxyl groups is 1. The number of β-lactam (4-membered cyclic amide) rings is 1. The highest BCUT2D eigenvalue weighted by Gasteiger charge is 2.60. The second-order valence-corrected chi connectivity index (χ2v) is 9.58. The van der Waals surface area contributed by atoms with Gasteiger partial charge in [-0.2, -0.15) is 0 Å². The molecule has 2 aliphatic heterocycles. The maximum absolute atomic E-state index is 12.7. The van der Waals surface area contributed by atoms with Crippen LogP contribution in [0.4, 0.5) is 5.69 Å². The fourth-order valence-electron chi connectivity index (χ4n) is 3.08. The number of non-ortho nitro benzene ring substituents is 1. The van der Waals surface area contributed by atoms with E-state index < -0.39 is 22.4 Å². The molecule has 0 bridgehead atoms. The molecule has 10 heteroatoms. The Labute approximate surface area is 170 Å². The van der Waals surface area contributed by atoms with Crippen molar-refractivity contribution in [3.63, 3.8) is 0 Å². The van der Waals surface area contributed by atoms with E-state index in [9.17, 15) is 24.8 Å². The maximum Gasteiger partial charge on any atom is 0.357 e. The Kier molecular flexibility index (Phi) is 5.74. The van der Waals surface area contributed by atoms with Crippen LogP contribution in [0.1, 0.15) is 26.3 Å². The summed E-state index contributed by atoms with van der Waals surface area (Å²) in [5, 5.41) is 20.6. The van der Waals surface area contributed by atoms with Crippen molar-refractivity contribution in [2.24, 2.45) is 5.92 Å². The van der Waals surface area contributed by atoms with E-state index in [0.29, 0.717) is 9.80 Å². The summed E-state index contributed by atoms with van der Waals surface area (Å²) in [5.41, 5.74) is -0.394. The lowest BCUT2D eigenvalue weighted by atomic mass is 9.83. The maximum atomic E-state index is 12.7. The molecular weight excluding hydrogens is 404 g/mol. The van der Waals surface area contributed by atoms with Crippen LogP contribution < -0.4 is 0 Å². The van der Waals surface area contributed by atoms with Gasteiger partial charge in [-0.15, -0.1) is 11.8 Å². The number of carbonyl (C=O) groups excluding carboxylic acids is 2. The van der Waals surface area contributed by atoms with Crippen LogP contribution in [0.5, 0.6) is 0 Å². The van der Waals surface area contributed by atoms with Gasteiger partial charge < -0.3 is 9.84 Å². The number of thioether (sulfide) groups is 2. The second kappa shape index (κ2) is 7.76.